The first-order chi connectivity index (χ1) is 26.9. The molecule has 1 spiro atoms. The maximum Gasteiger partial charge on any atom is 0.200 e. The van der Waals surface area contributed by atoms with E-state index in [0.717, 1.165) is 37.6 Å². The van der Waals surface area contributed by atoms with Crippen LogP contribution in [-0.4, -0.2) is 15.0 Å². The number of hydrogen-bond donors (Lipinski definition) is 0. The molecule has 1 aliphatic carbocycles. The van der Waals surface area contributed by atoms with Crippen molar-refractivity contribution >= 4 is 11.8 Å². The molecule has 0 bridgehead atoms. The van der Waals surface area contributed by atoms with Crippen molar-refractivity contribution in [3.8, 4) is 56.4 Å². The molecule has 2 heterocycles. The summed E-state index contributed by atoms with van der Waals surface area (Å²) in [5.74, 6) is -9.28. The zero-order chi connectivity index (χ0) is 37.4. The fourth-order valence-electron chi connectivity index (χ4n) is 8.10. The molecule has 3 nitrogen and oxygen atoms in total. The second-order valence-electron chi connectivity index (χ2n) is 13.3. The number of fused-ring (bicyclic) bond motifs is 9. The molecule has 0 radical (unpaired) electrons. The van der Waals surface area contributed by atoms with E-state index in [1.54, 1.807) is 17.8 Å². The molecule has 9 heteroatoms. The van der Waals surface area contributed by atoms with Crippen molar-refractivity contribution in [2.24, 2.45) is 0 Å². The van der Waals surface area contributed by atoms with Gasteiger partial charge >= 0.3 is 0 Å². The monoisotopic (exact) mass is 745 g/mol. The standard InChI is InChI=1S/C46H24F5N3S/c47-38-36(39(48)41(50)42(51)40(38)49)26-14-10-15-27(24-26)44-52-43(25-12-2-1-3-13-25)53-45(54-44)29-17-11-21-33-37(29)28-16-4-5-18-30(28)46(33)31-19-6-8-22-34(31)55-35-23-9-7-20-32(35)46/h1-24H. The number of aromatic nitrogens is 3. The van der Waals surface area contributed by atoms with Gasteiger partial charge in [0.2, 0.25) is 5.82 Å². The number of nitrogens with zero attached hydrogens (tertiary/aromatic N) is 3. The van der Waals surface area contributed by atoms with Gasteiger partial charge in [-0.05, 0) is 57.1 Å². The summed E-state index contributed by atoms with van der Waals surface area (Å²) < 4.78 is 72.6. The van der Waals surface area contributed by atoms with Gasteiger partial charge in [-0.1, -0.05) is 139 Å². The number of benzene rings is 7. The van der Waals surface area contributed by atoms with Crippen LogP contribution in [0.25, 0.3) is 56.4 Å². The Bertz CT molecular complexity index is 2800. The summed E-state index contributed by atoms with van der Waals surface area (Å²) in [6.45, 7) is 0. The minimum Gasteiger partial charge on any atom is -0.208 e. The van der Waals surface area contributed by atoms with E-state index in [9.17, 15) is 13.2 Å². The molecular formula is C46H24F5N3S. The fraction of sp³-hybridized carbons (Fsp3) is 0.0217. The third-order valence-electron chi connectivity index (χ3n) is 10.4. The molecule has 55 heavy (non-hydrogen) atoms. The zero-order valence-electron chi connectivity index (χ0n) is 28.5. The third kappa shape index (κ3) is 4.86. The normalized spacial score (nSPS) is 13.3. The zero-order valence-corrected chi connectivity index (χ0v) is 29.3. The molecule has 0 amide bonds. The van der Waals surface area contributed by atoms with Crippen molar-refractivity contribution in [2.75, 3.05) is 0 Å². The van der Waals surface area contributed by atoms with Gasteiger partial charge in [0.15, 0.2) is 40.7 Å². The Hall–Kier alpha value is -6.45. The van der Waals surface area contributed by atoms with E-state index in [0.29, 0.717) is 22.8 Å². The SMILES string of the molecule is Fc1c(F)c(F)c(-c2cccc(-c3nc(-c4ccccc4)nc(-c4cccc5c4-c4ccccc4C54c5ccccc5Sc5ccccc54)n3)c2)c(F)c1F. The van der Waals surface area contributed by atoms with Crippen LogP contribution in [0.4, 0.5) is 22.0 Å². The van der Waals surface area contributed by atoms with Crippen molar-refractivity contribution in [3.63, 3.8) is 0 Å². The van der Waals surface area contributed by atoms with Crippen LogP contribution >= 0.6 is 11.8 Å². The summed E-state index contributed by atoms with van der Waals surface area (Å²) in [7, 11) is 0. The molecular weight excluding hydrogens is 722 g/mol. The summed E-state index contributed by atoms with van der Waals surface area (Å²) in [5, 5.41) is 0. The van der Waals surface area contributed by atoms with Crippen molar-refractivity contribution in [1.82, 2.24) is 15.0 Å². The Kier molecular flexibility index (Phi) is 7.57. The molecule has 0 atom stereocenters. The topological polar surface area (TPSA) is 38.7 Å². The Morgan fingerprint density at radius 1 is 0.364 bits per heavy atom. The van der Waals surface area contributed by atoms with Crippen molar-refractivity contribution in [2.45, 2.75) is 15.2 Å². The Morgan fingerprint density at radius 3 is 1.53 bits per heavy atom. The minimum absolute atomic E-state index is 0.151. The Labute approximate surface area is 316 Å². The maximum atomic E-state index is 15.0. The van der Waals surface area contributed by atoms with Crippen molar-refractivity contribution in [3.05, 3.63) is 197 Å². The highest BCUT2D eigenvalue weighted by molar-refractivity contribution is 7.99. The van der Waals surface area contributed by atoms with Gasteiger partial charge in [0.25, 0.3) is 0 Å². The van der Waals surface area contributed by atoms with E-state index in [2.05, 4.69) is 72.8 Å². The second-order valence-corrected chi connectivity index (χ2v) is 14.4. The quantitative estimate of drug-likeness (QED) is 0.102. The lowest BCUT2D eigenvalue weighted by atomic mass is 9.67. The highest BCUT2D eigenvalue weighted by atomic mass is 32.2. The Balaban J connectivity index is 1.23. The minimum atomic E-state index is -2.22. The molecule has 1 aromatic heterocycles. The summed E-state index contributed by atoms with van der Waals surface area (Å²) in [6.07, 6.45) is 0. The summed E-state index contributed by atoms with van der Waals surface area (Å²) in [6, 6.07) is 46.5. The lowest BCUT2D eigenvalue weighted by molar-refractivity contribution is 0.381. The highest BCUT2D eigenvalue weighted by Gasteiger charge is 2.50. The molecule has 0 N–H and O–H groups in total. The van der Waals surface area contributed by atoms with Crippen LogP contribution in [0.2, 0.25) is 0 Å². The highest BCUT2D eigenvalue weighted by Crippen LogP contribution is 2.63. The van der Waals surface area contributed by atoms with Crippen LogP contribution in [0.1, 0.15) is 22.3 Å². The van der Waals surface area contributed by atoms with E-state index >= 15 is 8.78 Å². The molecule has 1 aliphatic heterocycles. The molecule has 2 aliphatic rings. The van der Waals surface area contributed by atoms with Gasteiger partial charge in [0.1, 0.15) is 0 Å². The van der Waals surface area contributed by atoms with Crippen LogP contribution in [-0.2, 0) is 5.41 Å². The number of rotatable bonds is 4. The van der Waals surface area contributed by atoms with Crippen LogP contribution in [0, 0.1) is 29.1 Å². The second kappa shape index (κ2) is 12.6. The van der Waals surface area contributed by atoms with Gasteiger partial charge < -0.3 is 0 Å². The first-order valence-electron chi connectivity index (χ1n) is 17.4. The molecule has 0 fully saturated rings. The van der Waals surface area contributed by atoms with Gasteiger partial charge in [-0.25, -0.2) is 36.9 Å². The van der Waals surface area contributed by atoms with Gasteiger partial charge in [-0.3, -0.25) is 0 Å². The molecule has 264 valence electrons. The molecule has 8 aromatic rings. The van der Waals surface area contributed by atoms with Crippen LogP contribution < -0.4 is 0 Å². The average Bonchev–Trinajstić information content (AvgIpc) is 3.53. The predicted octanol–water partition coefficient (Wildman–Crippen LogP) is 12.1. The van der Waals surface area contributed by atoms with E-state index in [4.69, 9.17) is 15.0 Å². The van der Waals surface area contributed by atoms with Gasteiger partial charge in [-0.2, -0.15) is 0 Å². The third-order valence-corrected chi connectivity index (χ3v) is 11.6. The van der Waals surface area contributed by atoms with Gasteiger partial charge in [0.05, 0.1) is 11.0 Å². The smallest absolute Gasteiger partial charge is 0.200 e. The molecule has 0 saturated carbocycles. The van der Waals surface area contributed by atoms with E-state index in [1.165, 1.54) is 29.3 Å². The molecule has 0 unspecified atom stereocenters. The van der Waals surface area contributed by atoms with Gasteiger partial charge in [-0.15, -0.1) is 0 Å². The first-order valence-corrected chi connectivity index (χ1v) is 18.2. The van der Waals surface area contributed by atoms with Gasteiger partial charge in [0, 0.05) is 26.5 Å². The van der Waals surface area contributed by atoms with Crippen LogP contribution in [0.15, 0.2) is 155 Å². The van der Waals surface area contributed by atoms with Crippen LogP contribution in [0.5, 0.6) is 0 Å². The van der Waals surface area contributed by atoms with E-state index in [-0.39, 0.29) is 11.4 Å². The Morgan fingerprint density at radius 2 is 0.836 bits per heavy atom. The predicted molar refractivity (Wildman–Crippen MR) is 203 cm³/mol. The number of halogens is 5. The van der Waals surface area contributed by atoms with E-state index < -0.39 is 40.1 Å². The average molecular weight is 746 g/mol. The molecule has 0 saturated heterocycles. The summed E-state index contributed by atoms with van der Waals surface area (Å²) in [5.41, 5.74) is 6.37. The summed E-state index contributed by atoms with van der Waals surface area (Å²) in [4.78, 5) is 17.1. The molecule has 10 rings (SSSR count). The first kappa shape index (κ1) is 33.1. The van der Waals surface area contributed by atoms with Crippen molar-refractivity contribution < 1.29 is 22.0 Å². The largest absolute Gasteiger partial charge is 0.208 e. The van der Waals surface area contributed by atoms with Crippen LogP contribution in [0.3, 0.4) is 0 Å². The lowest BCUT2D eigenvalue weighted by Crippen LogP contribution is -2.31. The molecule has 7 aromatic carbocycles. The number of hydrogen-bond acceptors (Lipinski definition) is 4. The maximum absolute atomic E-state index is 15.0. The lowest BCUT2D eigenvalue weighted by Gasteiger charge is -2.39. The fourth-order valence-corrected chi connectivity index (χ4v) is 9.30. The van der Waals surface area contributed by atoms with Crippen molar-refractivity contribution in [1.29, 1.82) is 0 Å². The van der Waals surface area contributed by atoms with E-state index in [1.807, 2.05) is 48.5 Å². The summed E-state index contributed by atoms with van der Waals surface area (Å²) >= 11 is 1.76.